The molecule has 0 unspecified atom stereocenters. The summed E-state index contributed by atoms with van der Waals surface area (Å²) in [5.41, 5.74) is 2.09. The smallest absolute Gasteiger partial charge is 0.179 e. The lowest BCUT2D eigenvalue weighted by molar-refractivity contribution is 0.354. The lowest BCUT2D eigenvalue weighted by Gasteiger charge is -2.11. The van der Waals surface area contributed by atoms with Crippen molar-refractivity contribution in [3.63, 3.8) is 0 Å². The molecule has 0 heterocycles. The number of methoxy groups -OCH3 is 4. The van der Waals surface area contributed by atoms with Crippen LogP contribution in [0, 0.1) is 11.3 Å². The molecule has 124 valence electrons. The van der Waals surface area contributed by atoms with Gasteiger partial charge in [-0.05, 0) is 35.4 Å². The SMILES string of the molecule is COc1ccc(/C=C/c2ccc(OC)c(OC)c2C#N)cc1OC. The van der Waals surface area contributed by atoms with E-state index in [0.717, 1.165) is 11.1 Å². The molecule has 5 nitrogen and oxygen atoms in total. The summed E-state index contributed by atoms with van der Waals surface area (Å²) in [7, 11) is 6.24. The van der Waals surface area contributed by atoms with Crippen molar-refractivity contribution in [3.05, 3.63) is 47.0 Å². The van der Waals surface area contributed by atoms with Crippen LogP contribution in [-0.4, -0.2) is 28.4 Å². The predicted octanol–water partition coefficient (Wildman–Crippen LogP) is 3.76. The first-order valence-electron chi connectivity index (χ1n) is 7.23. The maximum Gasteiger partial charge on any atom is 0.179 e. The Morgan fingerprint density at radius 2 is 1.46 bits per heavy atom. The average Bonchev–Trinajstić information content (AvgIpc) is 2.64. The fourth-order valence-corrected chi connectivity index (χ4v) is 2.34. The third-order valence-electron chi connectivity index (χ3n) is 3.55. The molecule has 0 aromatic heterocycles. The topological polar surface area (TPSA) is 60.7 Å². The minimum atomic E-state index is 0.425. The summed E-state index contributed by atoms with van der Waals surface area (Å²) in [5, 5.41) is 9.44. The minimum Gasteiger partial charge on any atom is -0.493 e. The molecule has 0 aliphatic rings. The van der Waals surface area contributed by atoms with E-state index >= 15 is 0 Å². The molecule has 0 saturated heterocycles. The molecule has 0 fully saturated rings. The second kappa shape index (κ2) is 7.93. The zero-order valence-corrected chi connectivity index (χ0v) is 14.1. The van der Waals surface area contributed by atoms with Crippen LogP contribution in [0.25, 0.3) is 12.2 Å². The summed E-state index contributed by atoms with van der Waals surface area (Å²) in [6, 6.07) is 11.4. The van der Waals surface area contributed by atoms with E-state index in [2.05, 4.69) is 6.07 Å². The number of nitriles is 1. The zero-order chi connectivity index (χ0) is 17.5. The Kier molecular flexibility index (Phi) is 5.69. The molecule has 0 radical (unpaired) electrons. The van der Waals surface area contributed by atoms with E-state index in [4.69, 9.17) is 18.9 Å². The van der Waals surface area contributed by atoms with Crippen LogP contribution in [0.3, 0.4) is 0 Å². The Morgan fingerprint density at radius 3 is 2.04 bits per heavy atom. The van der Waals surface area contributed by atoms with E-state index in [-0.39, 0.29) is 0 Å². The average molecular weight is 325 g/mol. The van der Waals surface area contributed by atoms with Crippen molar-refractivity contribution in [3.8, 4) is 29.1 Å². The Bertz CT molecular complexity index is 791. The highest BCUT2D eigenvalue weighted by atomic mass is 16.5. The highest BCUT2D eigenvalue weighted by Gasteiger charge is 2.13. The Balaban J connectivity index is 2.41. The summed E-state index contributed by atoms with van der Waals surface area (Å²) in [6.07, 6.45) is 3.74. The van der Waals surface area contributed by atoms with Crippen LogP contribution in [-0.2, 0) is 0 Å². The fraction of sp³-hybridized carbons (Fsp3) is 0.211. The van der Waals surface area contributed by atoms with Crippen molar-refractivity contribution >= 4 is 12.2 Å². The highest BCUT2D eigenvalue weighted by molar-refractivity contribution is 5.76. The van der Waals surface area contributed by atoms with E-state index in [0.29, 0.717) is 28.6 Å². The maximum atomic E-state index is 9.44. The van der Waals surface area contributed by atoms with Gasteiger partial charge in [-0.25, -0.2) is 0 Å². The van der Waals surface area contributed by atoms with Gasteiger partial charge in [-0.15, -0.1) is 0 Å². The molecular weight excluding hydrogens is 306 g/mol. The van der Waals surface area contributed by atoms with E-state index in [1.165, 1.54) is 14.2 Å². The van der Waals surface area contributed by atoms with Crippen LogP contribution < -0.4 is 18.9 Å². The third kappa shape index (κ3) is 3.44. The standard InChI is InChI=1S/C19H19NO4/c1-21-16-9-6-13(11-18(16)23-3)5-7-14-8-10-17(22-2)19(24-4)15(14)12-20/h5-11H,1-4H3/b7-5+. The second-order valence-corrected chi connectivity index (χ2v) is 4.82. The molecule has 2 aromatic carbocycles. The first-order valence-corrected chi connectivity index (χ1v) is 7.23. The summed E-state index contributed by atoms with van der Waals surface area (Å²) in [5.74, 6) is 2.26. The minimum absolute atomic E-state index is 0.425. The zero-order valence-electron chi connectivity index (χ0n) is 14.1. The molecule has 0 bridgehead atoms. The van der Waals surface area contributed by atoms with Crippen LogP contribution in [0.1, 0.15) is 16.7 Å². The largest absolute Gasteiger partial charge is 0.493 e. The molecule has 2 aromatic rings. The number of benzene rings is 2. The first kappa shape index (κ1) is 17.2. The molecule has 0 N–H and O–H groups in total. The molecule has 0 aliphatic carbocycles. The van der Waals surface area contributed by atoms with E-state index in [9.17, 15) is 5.26 Å². The van der Waals surface area contributed by atoms with Crippen molar-refractivity contribution in [2.24, 2.45) is 0 Å². The van der Waals surface area contributed by atoms with Crippen molar-refractivity contribution < 1.29 is 18.9 Å². The monoisotopic (exact) mass is 325 g/mol. The van der Waals surface area contributed by atoms with Crippen molar-refractivity contribution in [2.45, 2.75) is 0 Å². The molecule has 5 heteroatoms. The number of hydrogen-bond acceptors (Lipinski definition) is 5. The van der Waals surface area contributed by atoms with Gasteiger partial charge in [0.2, 0.25) is 0 Å². The molecule has 0 saturated carbocycles. The van der Waals surface area contributed by atoms with Gasteiger partial charge < -0.3 is 18.9 Å². The van der Waals surface area contributed by atoms with E-state index in [1.807, 2.05) is 36.4 Å². The van der Waals surface area contributed by atoms with Gasteiger partial charge in [-0.1, -0.05) is 18.2 Å². The van der Waals surface area contributed by atoms with Gasteiger partial charge in [0.15, 0.2) is 23.0 Å². The van der Waals surface area contributed by atoms with Gasteiger partial charge in [-0.2, -0.15) is 5.26 Å². The molecule has 0 amide bonds. The second-order valence-electron chi connectivity index (χ2n) is 4.82. The molecule has 0 aliphatic heterocycles. The normalized spacial score (nSPS) is 10.3. The maximum absolute atomic E-state index is 9.44. The summed E-state index contributed by atoms with van der Waals surface area (Å²) >= 11 is 0. The fourth-order valence-electron chi connectivity index (χ4n) is 2.34. The van der Waals surface area contributed by atoms with Crippen molar-refractivity contribution in [1.82, 2.24) is 0 Å². The van der Waals surface area contributed by atoms with Crippen LogP contribution in [0.2, 0.25) is 0 Å². The molecule has 0 spiro atoms. The van der Waals surface area contributed by atoms with Crippen LogP contribution in [0.4, 0.5) is 0 Å². The highest BCUT2D eigenvalue weighted by Crippen LogP contribution is 2.34. The number of hydrogen-bond donors (Lipinski definition) is 0. The van der Waals surface area contributed by atoms with Crippen molar-refractivity contribution in [2.75, 3.05) is 28.4 Å². The molecular formula is C19H19NO4. The van der Waals surface area contributed by atoms with E-state index < -0.39 is 0 Å². The summed E-state index contributed by atoms with van der Waals surface area (Å²) in [6.45, 7) is 0. The third-order valence-corrected chi connectivity index (χ3v) is 3.55. The lowest BCUT2D eigenvalue weighted by atomic mass is 10.0. The Labute approximate surface area is 141 Å². The van der Waals surface area contributed by atoms with Crippen molar-refractivity contribution in [1.29, 1.82) is 5.26 Å². The first-order chi connectivity index (χ1) is 11.7. The van der Waals surface area contributed by atoms with Crippen LogP contribution in [0.15, 0.2) is 30.3 Å². The summed E-state index contributed by atoms with van der Waals surface area (Å²) in [4.78, 5) is 0. The quantitative estimate of drug-likeness (QED) is 0.757. The Hall–Kier alpha value is -3.13. The summed E-state index contributed by atoms with van der Waals surface area (Å²) < 4.78 is 21.0. The van der Waals surface area contributed by atoms with Gasteiger partial charge >= 0.3 is 0 Å². The molecule has 0 atom stereocenters. The number of rotatable bonds is 6. The number of ether oxygens (including phenoxy) is 4. The lowest BCUT2D eigenvalue weighted by Crippen LogP contribution is -1.95. The Morgan fingerprint density at radius 1 is 0.792 bits per heavy atom. The van der Waals surface area contributed by atoms with Gasteiger partial charge in [0.25, 0.3) is 0 Å². The molecule has 24 heavy (non-hydrogen) atoms. The van der Waals surface area contributed by atoms with Crippen LogP contribution >= 0.6 is 0 Å². The van der Waals surface area contributed by atoms with Gasteiger partial charge in [-0.3, -0.25) is 0 Å². The number of nitrogens with zero attached hydrogens (tertiary/aromatic N) is 1. The van der Waals surface area contributed by atoms with Gasteiger partial charge in [0.1, 0.15) is 11.6 Å². The van der Waals surface area contributed by atoms with Gasteiger partial charge in [0.05, 0.1) is 28.4 Å². The van der Waals surface area contributed by atoms with Crippen LogP contribution in [0.5, 0.6) is 23.0 Å². The van der Waals surface area contributed by atoms with Gasteiger partial charge in [0, 0.05) is 0 Å². The van der Waals surface area contributed by atoms with E-state index in [1.54, 1.807) is 20.3 Å². The predicted molar refractivity (Wildman–Crippen MR) is 92.7 cm³/mol. The molecule has 2 rings (SSSR count).